The predicted molar refractivity (Wildman–Crippen MR) is 69.8 cm³/mol. The van der Waals surface area contributed by atoms with Crippen molar-refractivity contribution in [2.75, 3.05) is 5.73 Å². The molecule has 4 nitrogen and oxygen atoms in total. The Morgan fingerprint density at radius 3 is 3.00 bits per heavy atom. The summed E-state index contributed by atoms with van der Waals surface area (Å²) in [4.78, 5) is 15.7. The lowest BCUT2D eigenvalue weighted by atomic mass is 10.2. The van der Waals surface area contributed by atoms with E-state index in [0.29, 0.717) is 11.3 Å². The van der Waals surface area contributed by atoms with Gasteiger partial charge in [0.25, 0.3) is 0 Å². The van der Waals surface area contributed by atoms with Crippen LogP contribution in [0, 0.1) is 0 Å². The van der Waals surface area contributed by atoms with Crippen LogP contribution in [0.15, 0.2) is 34.2 Å². The second kappa shape index (κ2) is 5.29. The molecule has 2 N–H and O–H groups in total. The quantitative estimate of drug-likeness (QED) is 0.699. The minimum Gasteiger partial charge on any atom is -0.455 e. The Bertz CT molecular complexity index is 528. The van der Waals surface area contributed by atoms with Gasteiger partial charge >= 0.3 is 5.97 Å². The van der Waals surface area contributed by atoms with Crippen molar-refractivity contribution in [3.05, 3.63) is 44.8 Å². The van der Waals surface area contributed by atoms with Crippen molar-refractivity contribution >= 4 is 38.9 Å². The van der Waals surface area contributed by atoms with Gasteiger partial charge in [-0.2, -0.15) is 0 Å². The number of nitrogens with zero attached hydrogens (tertiary/aromatic N) is 1. The van der Waals surface area contributed by atoms with Gasteiger partial charge in [-0.3, -0.25) is 0 Å². The lowest BCUT2D eigenvalue weighted by molar-refractivity contribution is 0.0472. The van der Waals surface area contributed by atoms with Crippen molar-refractivity contribution in [2.45, 2.75) is 6.61 Å². The average Bonchev–Trinajstić information content (AvgIpc) is 2.82. The summed E-state index contributed by atoms with van der Waals surface area (Å²) < 4.78 is 5.86. The number of halogens is 1. The molecule has 17 heavy (non-hydrogen) atoms. The Labute approximate surface area is 111 Å². The van der Waals surface area contributed by atoms with E-state index in [0.717, 1.165) is 9.48 Å². The highest BCUT2D eigenvalue weighted by Gasteiger charge is 2.09. The Kier molecular flexibility index (Phi) is 3.75. The summed E-state index contributed by atoms with van der Waals surface area (Å²) in [5.74, 6) is -0.403. The predicted octanol–water partition coefficient (Wildman–Crippen LogP) is 2.84. The maximum atomic E-state index is 11.7. The van der Waals surface area contributed by atoms with Gasteiger partial charge in [0.05, 0.1) is 5.56 Å². The SMILES string of the molecule is Nc1cc(C(=O)OCc2nccs2)ccc1Br. The fourth-order valence-corrected chi connectivity index (χ4v) is 1.98. The van der Waals surface area contributed by atoms with Crippen LogP contribution >= 0.6 is 27.3 Å². The van der Waals surface area contributed by atoms with Crippen molar-refractivity contribution in [3.63, 3.8) is 0 Å². The monoisotopic (exact) mass is 312 g/mol. The van der Waals surface area contributed by atoms with Crippen LogP contribution in [-0.4, -0.2) is 11.0 Å². The number of anilines is 1. The molecule has 88 valence electrons. The number of rotatable bonds is 3. The molecule has 0 atom stereocenters. The van der Waals surface area contributed by atoms with Gasteiger partial charge in [0.1, 0.15) is 11.6 Å². The summed E-state index contributed by atoms with van der Waals surface area (Å²) in [5, 5.41) is 2.60. The zero-order chi connectivity index (χ0) is 12.3. The van der Waals surface area contributed by atoms with Crippen LogP contribution < -0.4 is 5.73 Å². The molecule has 0 saturated heterocycles. The molecule has 0 aliphatic carbocycles. The van der Waals surface area contributed by atoms with Gasteiger partial charge in [-0.15, -0.1) is 11.3 Å². The number of carbonyl (C=O) groups is 1. The first-order valence-electron chi connectivity index (χ1n) is 4.77. The minimum atomic E-state index is -0.403. The molecule has 2 rings (SSSR count). The summed E-state index contributed by atoms with van der Waals surface area (Å²) in [7, 11) is 0. The van der Waals surface area contributed by atoms with E-state index in [1.54, 1.807) is 24.4 Å². The van der Waals surface area contributed by atoms with Gasteiger partial charge in [-0.25, -0.2) is 9.78 Å². The van der Waals surface area contributed by atoms with Gasteiger partial charge in [0.2, 0.25) is 0 Å². The summed E-state index contributed by atoms with van der Waals surface area (Å²) in [6.07, 6.45) is 1.67. The third kappa shape index (κ3) is 3.04. The van der Waals surface area contributed by atoms with E-state index >= 15 is 0 Å². The van der Waals surface area contributed by atoms with E-state index in [1.807, 2.05) is 5.38 Å². The molecular formula is C11H9BrN2O2S. The van der Waals surface area contributed by atoms with Crippen molar-refractivity contribution in [2.24, 2.45) is 0 Å². The standard InChI is InChI=1S/C11H9BrN2O2S/c12-8-2-1-7(5-9(8)13)11(15)16-6-10-14-3-4-17-10/h1-5H,6,13H2. The smallest absolute Gasteiger partial charge is 0.338 e. The maximum absolute atomic E-state index is 11.7. The first-order chi connectivity index (χ1) is 8.16. The van der Waals surface area contributed by atoms with Gasteiger partial charge in [-0.05, 0) is 34.1 Å². The molecule has 1 aromatic carbocycles. The Hall–Kier alpha value is -1.40. The van der Waals surface area contributed by atoms with E-state index in [-0.39, 0.29) is 6.61 Å². The molecule has 0 aliphatic rings. The van der Waals surface area contributed by atoms with Crippen molar-refractivity contribution in [1.29, 1.82) is 0 Å². The Morgan fingerprint density at radius 1 is 1.53 bits per heavy atom. The van der Waals surface area contributed by atoms with E-state index in [4.69, 9.17) is 10.5 Å². The normalized spacial score (nSPS) is 10.2. The summed E-state index contributed by atoms with van der Waals surface area (Å²) in [6, 6.07) is 4.95. The molecule has 0 spiro atoms. The van der Waals surface area contributed by atoms with Crippen LogP contribution in [0.3, 0.4) is 0 Å². The largest absolute Gasteiger partial charge is 0.455 e. The number of hydrogen-bond donors (Lipinski definition) is 1. The molecule has 0 radical (unpaired) electrons. The number of nitrogens with two attached hydrogens (primary N) is 1. The molecular weight excluding hydrogens is 304 g/mol. The Balaban J connectivity index is 2.02. The van der Waals surface area contributed by atoms with E-state index in [9.17, 15) is 4.79 Å². The molecule has 1 aromatic heterocycles. The Morgan fingerprint density at radius 2 is 2.35 bits per heavy atom. The van der Waals surface area contributed by atoms with Crippen LogP contribution in [0.4, 0.5) is 5.69 Å². The number of thiazole rings is 1. The second-order valence-electron chi connectivity index (χ2n) is 3.24. The van der Waals surface area contributed by atoms with Crippen molar-refractivity contribution in [1.82, 2.24) is 4.98 Å². The van der Waals surface area contributed by atoms with Gasteiger partial charge < -0.3 is 10.5 Å². The first-order valence-corrected chi connectivity index (χ1v) is 6.44. The van der Waals surface area contributed by atoms with Gasteiger partial charge in [-0.1, -0.05) is 0 Å². The average molecular weight is 313 g/mol. The zero-order valence-electron chi connectivity index (χ0n) is 8.72. The number of carbonyl (C=O) groups excluding carboxylic acids is 1. The maximum Gasteiger partial charge on any atom is 0.338 e. The number of ether oxygens (including phenoxy) is 1. The number of benzene rings is 1. The lowest BCUT2D eigenvalue weighted by Gasteiger charge is -2.04. The number of aromatic nitrogens is 1. The number of hydrogen-bond acceptors (Lipinski definition) is 5. The third-order valence-electron chi connectivity index (χ3n) is 2.04. The minimum absolute atomic E-state index is 0.187. The molecule has 6 heteroatoms. The topological polar surface area (TPSA) is 65.2 Å². The van der Waals surface area contributed by atoms with Gasteiger partial charge in [0, 0.05) is 21.7 Å². The molecule has 0 fully saturated rings. The fraction of sp³-hybridized carbons (Fsp3) is 0.0909. The third-order valence-corrected chi connectivity index (χ3v) is 3.52. The summed E-state index contributed by atoms with van der Waals surface area (Å²) in [5.41, 5.74) is 6.62. The highest BCUT2D eigenvalue weighted by Crippen LogP contribution is 2.20. The molecule has 0 bridgehead atoms. The molecule has 0 aliphatic heterocycles. The second-order valence-corrected chi connectivity index (χ2v) is 5.07. The van der Waals surface area contributed by atoms with E-state index in [2.05, 4.69) is 20.9 Å². The van der Waals surface area contributed by atoms with Crippen molar-refractivity contribution < 1.29 is 9.53 Å². The van der Waals surface area contributed by atoms with E-state index < -0.39 is 5.97 Å². The van der Waals surface area contributed by atoms with Crippen LogP contribution in [0.25, 0.3) is 0 Å². The van der Waals surface area contributed by atoms with Crippen LogP contribution in [0.5, 0.6) is 0 Å². The molecule has 0 unspecified atom stereocenters. The molecule has 0 amide bonds. The molecule has 0 saturated carbocycles. The van der Waals surface area contributed by atoms with Crippen LogP contribution in [0.2, 0.25) is 0 Å². The summed E-state index contributed by atoms with van der Waals surface area (Å²) >= 11 is 4.71. The van der Waals surface area contributed by atoms with Crippen LogP contribution in [0.1, 0.15) is 15.4 Å². The van der Waals surface area contributed by atoms with E-state index in [1.165, 1.54) is 11.3 Å². The fourth-order valence-electron chi connectivity index (χ4n) is 1.21. The summed E-state index contributed by atoms with van der Waals surface area (Å²) in [6.45, 7) is 0.187. The highest BCUT2D eigenvalue weighted by atomic mass is 79.9. The number of nitrogen functional groups attached to an aromatic ring is 1. The first kappa shape index (κ1) is 12.1. The van der Waals surface area contributed by atoms with Gasteiger partial charge in [0.15, 0.2) is 0 Å². The highest BCUT2D eigenvalue weighted by molar-refractivity contribution is 9.10. The van der Waals surface area contributed by atoms with Crippen molar-refractivity contribution in [3.8, 4) is 0 Å². The zero-order valence-corrected chi connectivity index (χ0v) is 11.1. The molecule has 2 aromatic rings. The van der Waals surface area contributed by atoms with Crippen LogP contribution in [-0.2, 0) is 11.3 Å². The lowest BCUT2D eigenvalue weighted by Crippen LogP contribution is -2.05. The number of esters is 1. The molecule has 1 heterocycles.